The van der Waals surface area contributed by atoms with Gasteiger partial charge in [-0.25, -0.2) is 4.98 Å². The van der Waals surface area contributed by atoms with Crippen molar-refractivity contribution >= 4 is 17.4 Å². The largest absolute Gasteiger partial charge is 0.421 e. The molecule has 1 aliphatic heterocycles. The Morgan fingerprint density at radius 2 is 1.86 bits per heavy atom. The van der Waals surface area contributed by atoms with Crippen LogP contribution in [0.25, 0.3) is 11.5 Å². The number of nitrogens with zero attached hydrogens (tertiary/aromatic N) is 6. The van der Waals surface area contributed by atoms with Gasteiger partial charge in [0.25, 0.3) is 11.8 Å². The molecule has 1 amide bonds. The molecule has 8 heteroatoms. The lowest BCUT2D eigenvalue weighted by Gasteiger charge is -2.36. The van der Waals surface area contributed by atoms with Crippen LogP contribution in [-0.2, 0) is 0 Å². The summed E-state index contributed by atoms with van der Waals surface area (Å²) in [6.07, 6.45) is 1.76. The molecular weight excluding hydrogens is 368 g/mol. The molecule has 150 valence electrons. The van der Waals surface area contributed by atoms with E-state index in [9.17, 15) is 4.79 Å². The summed E-state index contributed by atoms with van der Waals surface area (Å²) in [5.74, 6) is 1.84. The Morgan fingerprint density at radius 1 is 1.07 bits per heavy atom. The van der Waals surface area contributed by atoms with Crippen LogP contribution in [0.5, 0.6) is 0 Å². The minimum atomic E-state index is 0.0575. The average molecular weight is 392 g/mol. The van der Waals surface area contributed by atoms with Crippen molar-refractivity contribution in [2.24, 2.45) is 0 Å². The minimum absolute atomic E-state index is 0.0575. The minimum Gasteiger partial charge on any atom is -0.421 e. The molecule has 1 aromatic carbocycles. The summed E-state index contributed by atoms with van der Waals surface area (Å²) in [7, 11) is 3.94. The summed E-state index contributed by atoms with van der Waals surface area (Å²) in [6, 6.07) is 11.5. The Morgan fingerprint density at radius 3 is 2.55 bits per heavy atom. The lowest BCUT2D eigenvalue weighted by atomic mass is 10.1. The van der Waals surface area contributed by atoms with Gasteiger partial charge in [0.1, 0.15) is 5.82 Å². The molecule has 0 radical (unpaired) electrons. The van der Waals surface area contributed by atoms with Crippen LogP contribution in [0.3, 0.4) is 0 Å². The van der Waals surface area contributed by atoms with E-state index in [1.54, 1.807) is 13.1 Å². The summed E-state index contributed by atoms with van der Waals surface area (Å²) in [5, 5.41) is 8.04. The molecule has 0 unspecified atom stereocenters. The van der Waals surface area contributed by atoms with Crippen molar-refractivity contribution < 1.29 is 9.21 Å². The van der Waals surface area contributed by atoms with E-state index >= 15 is 0 Å². The highest BCUT2D eigenvalue weighted by Crippen LogP contribution is 2.28. The molecule has 1 saturated heterocycles. The van der Waals surface area contributed by atoms with Gasteiger partial charge >= 0.3 is 0 Å². The number of anilines is 2. The monoisotopic (exact) mass is 392 g/mol. The van der Waals surface area contributed by atoms with E-state index in [4.69, 9.17) is 4.42 Å². The SMILES string of the molecule is Cc1nnc(-c2cccnc2N2CCN(C(=O)c3cccc(N(C)C)c3)CC2)o1. The molecule has 0 spiro atoms. The first-order valence-corrected chi connectivity index (χ1v) is 9.60. The topological polar surface area (TPSA) is 78.6 Å². The van der Waals surface area contributed by atoms with Gasteiger partial charge in [-0.2, -0.15) is 0 Å². The molecule has 8 nitrogen and oxygen atoms in total. The fourth-order valence-corrected chi connectivity index (χ4v) is 3.44. The first-order chi connectivity index (χ1) is 14.0. The Labute approximate surface area is 169 Å². The van der Waals surface area contributed by atoms with Crippen LogP contribution >= 0.6 is 0 Å². The van der Waals surface area contributed by atoms with Gasteiger partial charge in [-0.1, -0.05) is 6.07 Å². The third kappa shape index (κ3) is 3.91. The fourth-order valence-electron chi connectivity index (χ4n) is 3.44. The summed E-state index contributed by atoms with van der Waals surface area (Å²) in [6.45, 7) is 4.41. The zero-order valence-corrected chi connectivity index (χ0v) is 16.9. The van der Waals surface area contributed by atoms with Crippen LogP contribution < -0.4 is 9.80 Å². The zero-order valence-electron chi connectivity index (χ0n) is 16.9. The lowest BCUT2D eigenvalue weighted by molar-refractivity contribution is 0.0746. The number of carbonyl (C=O) groups is 1. The van der Waals surface area contributed by atoms with Crippen molar-refractivity contribution in [2.45, 2.75) is 6.92 Å². The average Bonchev–Trinajstić information content (AvgIpc) is 3.19. The first-order valence-electron chi connectivity index (χ1n) is 9.60. The van der Waals surface area contributed by atoms with Crippen LogP contribution in [0.1, 0.15) is 16.2 Å². The van der Waals surface area contributed by atoms with Gasteiger partial charge in [0.15, 0.2) is 0 Å². The molecule has 0 N–H and O–H groups in total. The second-order valence-electron chi connectivity index (χ2n) is 7.22. The lowest BCUT2D eigenvalue weighted by Crippen LogP contribution is -2.49. The van der Waals surface area contributed by atoms with Gasteiger partial charge in [0, 0.05) is 64.6 Å². The number of amides is 1. The number of hydrogen-bond acceptors (Lipinski definition) is 7. The number of pyridine rings is 1. The van der Waals surface area contributed by atoms with Crippen LogP contribution in [0.2, 0.25) is 0 Å². The number of piperazine rings is 1. The number of rotatable bonds is 4. The summed E-state index contributed by atoms with van der Waals surface area (Å²) >= 11 is 0. The Balaban J connectivity index is 1.48. The summed E-state index contributed by atoms with van der Waals surface area (Å²) in [4.78, 5) is 23.5. The van der Waals surface area contributed by atoms with E-state index in [1.807, 2.05) is 60.3 Å². The van der Waals surface area contributed by atoms with Gasteiger partial charge in [-0.05, 0) is 30.3 Å². The molecule has 0 bridgehead atoms. The normalized spacial score (nSPS) is 14.2. The van der Waals surface area contributed by atoms with Crippen molar-refractivity contribution in [3.05, 3.63) is 54.0 Å². The van der Waals surface area contributed by atoms with E-state index in [0.717, 1.165) is 17.1 Å². The van der Waals surface area contributed by atoms with Gasteiger partial charge in [-0.15, -0.1) is 10.2 Å². The van der Waals surface area contributed by atoms with Crippen LogP contribution in [0.4, 0.5) is 11.5 Å². The van der Waals surface area contributed by atoms with E-state index in [1.165, 1.54) is 0 Å². The summed E-state index contributed by atoms with van der Waals surface area (Å²) in [5.41, 5.74) is 2.54. The molecule has 29 heavy (non-hydrogen) atoms. The van der Waals surface area contributed by atoms with E-state index in [0.29, 0.717) is 43.5 Å². The van der Waals surface area contributed by atoms with Gasteiger partial charge in [-0.3, -0.25) is 4.79 Å². The van der Waals surface area contributed by atoms with E-state index < -0.39 is 0 Å². The smallest absolute Gasteiger partial charge is 0.254 e. The third-order valence-corrected chi connectivity index (χ3v) is 5.02. The highest BCUT2D eigenvalue weighted by molar-refractivity contribution is 5.95. The molecule has 2 aromatic heterocycles. The quantitative estimate of drug-likeness (QED) is 0.675. The predicted octanol–water partition coefficient (Wildman–Crippen LogP) is 2.47. The maximum atomic E-state index is 12.9. The van der Waals surface area contributed by atoms with Crippen LogP contribution in [-0.4, -0.2) is 66.3 Å². The maximum absolute atomic E-state index is 12.9. The van der Waals surface area contributed by atoms with Crippen LogP contribution in [0.15, 0.2) is 47.0 Å². The molecule has 0 saturated carbocycles. The molecule has 0 aliphatic carbocycles. The highest BCUT2D eigenvalue weighted by atomic mass is 16.4. The van der Waals surface area contributed by atoms with Crippen molar-refractivity contribution in [2.75, 3.05) is 50.1 Å². The summed E-state index contributed by atoms with van der Waals surface area (Å²) < 4.78 is 5.59. The third-order valence-electron chi connectivity index (χ3n) is 5.02. The number of benzene rings is 1. The van der Waals surface area contributed by atoms with Crippen molar-refractivity contribution in [1.82, 2.24) is 20.1 Å². The van der Waals surface area contributed by atoms with Gasteiger partial charge in [0.05, 0.1) is 5.56 Å². The van der Waals surface area contributed by atoms with Crippen LogP contribution in [0, 0.1) is 6.92 Å². The number of hydrogen-bond donors (Lipinski definition) is 0. The molecule has 3 aromatic rings. The van der Waals surface area contributed by atoms with Gasteiger partial charge < -0.3 is 19.1 Å². The Hall–Kier alpha value is -3.42. The second-order valence-corrected chi connectivity index (χ2v) is 7.22. The van der Waals surface area contributed by atoms with E-state index in [2.05, 4.69) is 20.1 Å². The maximum Gasteiger partial charge on any atom is 0.254 e. The first kappa shape index (κ1) is 18.9. The van der Waals surface area contributed by atoms with Crippen molar-refractivity contribution in [3.8, 4) is 11.5 Å². The van der Waals surface area contributed by atoms with Gasteiger partial charge in [0.2, 0.25) is 5.89 Å². The molecule has 3 heterocycles. The molecule has 4 rings (SSSR count). The molecule has 1 aliphatic rings. The highest BCUT2D eigenvalue weighted by Gasteiger charge is 2.25. The van der Waals surface area contributed by atoms with Crippen molar-refractivity contribution in [3.63, 3.8) is 0 Å². The van der Waals surface area contributed by atoms with E-state index in [-0.39, 0.29) is 5.91 Å². The molecule has 1 fully saturated rings. The Bertz CT molecular complexity index is 1010. The number of aromatic nitrogens is 3. The molecule has 0 atom stereocenters. The predicted molar refractivity (Wildman–Crippen MR) is 111 cm³/mol. The zero-order chi connectivity index (χ0) is 20.4. The standard InChI is InChI=1S/C21H24N6O2/c1-15-23-24-20(29-15)18-8-5-9-22-19(18)26-10-12-27(13-11-26)21(28)16-6-4-7-17(14-16)25(2)3/h4-9,14H,10-13H2,1-3H3. The number of aryl methyl sites for hydroxylation is 1. The Kier molecular flexibility index (Phi) is 5.16. The second kappa shape index (κ2) is 7.90. The molecular formula is C21H24N6O2. The number of carbonyl (C=O) groups excluding carboxylic acids is 1. The van der Waals surface area contributed by atoms with Crippen molar-refractivity contribution in [1.29, 1.82) is 0 Å². The fraction of sp³-hybridized carbons (Fsp3) is 0.333.